The van der Waals surface area contributed by atoms with Gasteiger partial charge in [-0.25, -0.2) is 4.99 Å². The van der Waals surface area contributed by atoms with Gasteiger partial charge < -0.3 is 4.90 Å². The molecule has 0 saturated heterocycles. The van der Waals surface area contributed by atoms with Gasteiger partial charge in [-0.3, -0.25) is 10.1 Å². The SMILES string of the molecule is CSC(=Nc1cccc2c1CN(C1CC1)C2=O)NC#N. The minimum atomic E-state index is 0.110. The number of nitrogens with zero attached hydrogens (tertiary/aromatic N) is 3. The Morgan fingerprint density at radius 1 is 1.55 bits per heavy atom. The van der Waals surface area contributed by atoms with Gasteiger partial charge in [0.2, 0.25) is 0 Å². The van der Waals surface area contributed by atoms with Crippen molar-refractivity contribution in [3.63, 3.8) is 0 Å². The van der Waals surface area contributed by atoms with Gasteiger partial charge in [0.1, 0.15) is 0 Å². The standard InChI is InChI=1S/C14H14N4OS/c1-20-14(16-8-15)17-12-4-2-3-10-11(12)7-18(13(10)19)9-5-6-9/h2-4,9H,5-7H2,1H3,(H,16,17). The quantitative estimate of drug-likeness (QED) is 0.392. The summed E-state index contributed by atoms with van der Waals surface area (Å²) in [4.78, 5) is 18.7. The predicted molar refractivity (Wildman–Crippen MR) is 78.7 cm³/mol. The van der Waals surface area contributed by atoms with Crippen molar-refractivity contribution in [2.75, 3.05) is 6.26 Å². The van der Waals surface area contributed by atoms with Gasteiger partial charge >= 0.3 is 0 Å². The van der Waals surface area contributed by atoms with Crippen molar-refractivity contribution >= 4 is 28.5 Å². The number of amidine groups is 1. The zero-order chi connectivity index (χ0) is 14.1. The molecule has 102 valence electrons. The molecule has 20 heavy (non-hydrogen) atoms. The largest absolute Gasteiger partial charge is 0.331 e. The lowest BCUT2D eigenvalue weighted by molar-refractivity contribution is 0.0766. The lowest BCUT2D eigenvalue weighted by Crippen LogP contribution is -2.25. The fourth-order valence-electron chi connectivity index (χ4n) is 2.41. The molecule has 3 rings (SSSR count). The average Bonchev–Trinajstić information content (AvgIpc) is 3.24. The maximum Gasteiger partial charge on any atom is 0.254 e. The van der Waals surface area contributed by atoms with Crippen LogP contribution in [0.5, 0.6) is 0 Å². The normalized spacial score (nSPS) is 17.9. The van der Waals surface area contributed by atoms with E-state index >= 15 is 0 Å². The van der Waals surface area contributed by atoms with Crippen LogP contribution in [0, 0.1) is 11.5 Å². The van der Waals surface area contributed by atoms with Crippen LogP contribution >= 0.6 is 11.8 Å². The zero-order valence-electron chi connectivity index (χ0n) is 11.1. The molecule has 0 atom stereocenters. The molecule has 1 saturated carbocycles. The third-order valence-electron chi connectivity index (χ3n) is 3.54. The Morgan fingerprint density at radius 3 is 3.00 bits per heavy atom. The fourth-order valence-corrected chi connectivity index (χ4v) is 2.74. The Morgan fingerprint density at radius 2 is 2.35 bits per heavy atom. The summed E-state index contributed by atoms with van der Waals surface area (Å²) in [5, 5.41) is 11.8. The summed E-state index contributed by atoms with van der Waals surface area (Å²) in [6.45, 7) is 0.632. The first kappa shape index (κ1) is 13.0. The number of aliphatic imine (C=N–C) groups is 1. The first-order chi connectivity index (χ1) is 9.74. The molecule has 5 nitrogen and oxygen atoms in total. The van der Waals surface area contributed by atoms with Gasteiger partial charge in [-0.2, -0.15) is 5.26 Å². The van der Waals surface area contributed by atoms with Crippen LogP contribution in [0.1, 0.15) is 28.8 Å². The Hall–Kier alpha value is -2.00. The van der Waals surface area contributed by atoms with Crippen LogP contribution < -0.4 is 5.32 Å². The molecule has 1 aromatic rings. The van der Waals surface area contributed by atoms with Crippen LogP contribution in [0.3, 0.4) is 0 Å². The highest BCUT2D eigenvalue weighted by atomic mass is 32.2. The summed E-state index contributed by atoms with van der Waals surface area (Å²) < 4.78 is 0. The van der Waals surface area contributed by atoms with Crippen LogP contribution in [0.2, 0.25) is 0 Å². The minimum absolute atomic E-state index is 0.110. The van der Waals surface area contributed by atoms with Gasteiger partial charge in [0.05, 0.1) is 5.69 Å². The molecule has 2 aliphatic rings. The van der Waals surface area contributed by atoms with Gasteiger partial charge in [0.25, 0.3) is 5.91 Å². The Labute approximate surface area is 121 Å². The monoisotopic (exact) mass is 286 g/mol. The lowest BCUT2D eigenvalue weighted by atomic mass is 10.1. The molecule has 1 heterocycles. The third-order valence-corrected chi connectivity index (χ3v) is 4.12. The van der Waals surface area contributed by atoms with Crippen molar-refractivity contribution < 1.29 is 4.79 Å². The maximum atomic E-state index is 12.3. The van der Waals surface area contributed by atoms with Crippen LogP contribution in [0.4, 0.5) is 5.69 Å². The zero-order valence-corrected chi connectivity index (χ0v) is 11.9. The van der Waals surface area contributed by atoms with Crippen LogP contribution in [-0.4, -0.2) is 28.3 Å². The predicted octanol–water partition coefficient (Wildman–Crippen LogP) is 2.23. The van der Waals surface area contributed by atoms with Gasteiger partial charge in [0.15, 0.2) is 11.4 Å². The summed E-state index contributed by atoms with van der Waals surface area (Å²) in [5.41, 5.74) is 2.48. The molecule has 0 bridgehead atoms. The number of fused-ring (bicyclic) bond motifs is 1. The summed E-state index contributed by atoms with van der Waals surface area (Å²) in [7, 11) is 0. The van der Waals surface area contributed by atoms with Gasteiger partial charge in [-0.05, 0) is 31.2 Å². The average molecular weight is 286 g/mol. The molecular formula is C14H14N4OS. The van der Waals surface area contributed by atoms with Crippen molar-refractivity contribution in [3.05, 3.63) is 29.3 Å². The summed E-state index contributed by atoms with van der Waals surface area (Å²) in [6, 6.07) is 5.99. The van der Waals surface area contributed by atoms with Gasteiger partial charge in [0, 0.05) is 23.7 Å². The molecule has 1 N–H and O–H groups in total. The number of nitriles is 1. The number of nitrogens with one attached hydrogen (secondary N) is 1. The molecule has 1 aliphatic carbocycles. The second-order valence-corrected chi connectivity index (χ2v) is 5.62. The topological polar surface area (TPSA) is 68.5 Å². The number of hydrogen-bond acceptors (Lipinski definition) is 4. The smallest absolute Gasteiger partial charge is 0.254 e. The second-order valence-electron chi connectivity index (χ2n) is 4.83. The summed E-state index contributed by atoms with van der Waals surface area (Å²) >= 11 is 1.37. The molecule has 0 radical (unpaired) electrons. The molecule has 0 aromatic heterocycles. The van der Waals surface area contributed by atoms with Crippen LogP contribution in [0.15, 0.2) is 23.2 Å². The van der Waals surface area contributed by atoms with Crippen molar-refractivity contribution in [3.8, 4) is 6.19 Å². The lowest BCUT2D eigenvalue weighted by Gasteiger charge is -2.13. The molecule has 0 spiro atoms. The van der Waals surface area contributed by atoms with E-state index in [0.717, 1.165) is 29.7 Å². The number of benzene rings is 1. The van der Waals surface area contributed by atoms with E-state index in [4.69, 9.17) is 5.26 Å². The van der Waals surface area contributed by atoms with E-state index in [9.17, 15) is 4.79 Å². The van der Waals surface area contributed by atoms with E-state index in [1.54, 1.807) is 0 Å². The van der Waals surface area contributed by atoms with E-state index < -0.39 is 0 Å². The number of rotatable bonds is 2. The van der Waals surface area contributed by atoms with Crippen molar-refractivity contribution in [1.82, 2.24) is 10.2 Å². The summed E-state index contributed by atoms with van der Waals surface area (Å²) in [5.74, 6) is 0.110. The minimum Gasteiger partial charge on any atom is -0.331 e. The van der Waals surface area contributed by atoms with Crippen LogP contribution in [-0.2, 0) is 6.54 Å². The van der Waals surface area contributed by atoms with E-state index in [1.165, 1.54) is 11.8 Å². The molecule has 6 heteroatoms. The summed E-state index contributed by atoms with van der Waals surface area (Å²) in [6.07, 6.45) is 5.93. The third kappa shape index (κ3) is 2.25. The molecule has 1 aromatic carbocycles. The molecule has 1 amide bonds. The molecular weight excluding hydrogens is 272 g/mol. The highest BCUT2D eigenvalue weighted by molar-refractivity contribution is 8.13. The Kier molecular flexibility index (Phi) is 3.36. The van der Waals surface area contributed by atoms with Crippen molar-refractivity contribution in [1.29, 1.82) is 5.26 Å². The van der Waals surface area contributed by atoms with Crippen molar-refractivity contribution in [2.24, 2.45) is 4.99 Å². The second kappa shape index (κ2) is 5.17. The number of thioether (sulfide) groups is 1. The molecule has 1 aliphatic heterocycles. The van der Waals surface area contributed by atoms with E-state index in [-0.39, 0.29) is 5.91 Å². The highest BCUT2D eigenvalue weighted by Crippen LogP contribution is 2.38. The van der Waals surface area contributed by atoms with Gasteiger partial charge in [-0.1, -0.05) is 17.8 Å². The first-order valence-electron chi connectivity index (χ1n) is 6.45. The molecule has 0 unspecified atom stereocenters. The first-order valence-corrected chi connectivity index (χ1v) is 7.67. The van der Waals surface area contributed by atoms with Gasteiger partial charge in [-0.15, -0.1) is 0 Å². The van der Waals surface area contributed by atoms with Crippen LogP contribution in [0.25, 0.3) is 0 Å². The van der Waals surface area contributed by atoms with Crippen molar-refractivity contribution in [2.45, 2.75) is 25.4 Å². The van der Waals surface area contributed by atoms with E-state index in [2.05, 4.69) is 10.3 Å². The Balaban J connectivity index is 1.96. The molecule has 1 fully saturated rings. The van der Waals surface area contributed by atoms with E-state index in [0.29, 0.717) is 17.8 Å². The van der Waals surface area contributed by atoms with E-state index in [1.807, 2.05) is 35.5 Å². The Bertz CT molecular complexity index is 631. The maximum absolute atomic E-state index is 12.3. The fraction of sp³-hybridized carbons (Fsp3) is 0.357. The number of hydrogen-bond donors (Lipinski definition) is 1. The highest BCUT2D eigenvalue weighted by Gasteiger charge is 2.39. The number of amides is 1. The number of carbonyl (C=O) groups is 1. The number of carbonyl (C=O) groups excluding carboxylic acids is 1.